The average Bonchev–Trinajstić information content (AvgIpc) is 4.09. The summed E-state index contributed by atoms with van der Waals surface area (Å²) in [5.74, 6) is 2.02. The topological polar surface area (TPSA) is 190 Å². The minimum Gasteiger partial charge on any atom is -0.481 e. The van der Waals surface area contributed by atoms with Gasteiger partial charge in [0.25, 0.3) is 0 Å². The molecule has 2 fully saturated rings. The van der Waals surface area contributed by atoms with E-state index in [-0.39, 0.29) is 67.8 Å². The largest absolute Gasteiger partial charge is 0.481 e. The summed E-state index contributed by atoms with van der Waals surface area (Å²) in [5, 5.41) is 28.0. The molecule has 71 heavy (non-hydrogen) atoms. The van der Waals surface area contributed by atoms with Crippen molar-refractivity contribution in [2.45, 2.75) is 128 Å². The fraction of sp³-hybridized carbons (Fsp3) is 0.464. The van der Waals surface area contributed by atoms with Crippen LogP contribution in [0.4, 0.5) is 17.1 Å². The number of aliphatic carboxylic acids is 1. The van der Waals surface area contributed by atoms with Gasteiger partial charge >= 0.3 is 5.97 Å². The fourth-order valence-electron chi connectivity index (χ4n) is 10.4. The van der Waals surface area contributed by atoms with Crippen molar-refractivity contribution in [3.05, 3.63) is 101 Å². The lowest BCUT2D eigenvalue weighted by molar-refractivity contribution is -0.137. The highest BCUT2D eigenvalue weighted by molar-refractivity contribution is 6.03. The van der Waals surface area contributed by atoms with E-state index in [4.69, 9.17) is 29.2 Å². The van der Waals surface area contributed by atoms with Crippen molar-refractivity contribution in [2.24, 2.45) is 5.41 Å². The number of ether oxygens (including phenoxy) is 4. The molecule has 1 aromatic heterocycles. The summed E-state index contributed by atoms with van der Waals surface area (Å²) in [7, 11) is 0. The summed E-state index contributed by atoms with van der Waals surface area (Å²) in [6.45, 7) is 15.3. The number of rotatable bonds is 16. The van der Waals surface area contributed by atoms with Crippen molar-refractivity contribution in [3.8, 4) is 23.0 Å². The maximum atomic E-state index is 13.4. The minimum absolute atomic E-state index is 0.00455. The number of carbonyl (C=O) groups is 4. The smallest absolute Gasteiger partial charge is 0.303 e. The Morgan fingerprint density at radius 1 is 0.676 bits per heavy atom. The Bertz CT molecular complexity index is 2850. The Balaban J connectivity index is 0.000000176. The Morgan fingerprint density at radius 3 is 1.79 bits per heavy atom. The van der Waals surface area contributed by atoms with Crippen LogP contribution in [0.5, 0.6) is 23.0 Å². The zero-order chi connectivity index (χ0) is 50.3. The van der Waals surface area contributed by atoms with Crippen molar-refractivity contribution < 1.29 is 48.3 Å². The molecule has 2 saturated carbocycles. The SMILES string of the molecule is CC(C)(C)C1Cc2cc(NC(=O)C3(c4ccc5c(c4)OCO5)CC3)ccc2N1CCCC(=O)O.CC(C)(C)c1cc2cc(NC(=O)C3(c4ccc5c(c4)OCO5)CC3)ccc2n1CCCC(=O)NCCO. The van der Waals surface area contributed by atoms with Gasteiger partial charge in [0.2, 0.25) is 31.3 Å². The average molecular weight is 970 g/mol. The molecule has 10 rings (SSSR count). The summed E-state index contributed by atoms with van der Waals surface area (Å²) >= 11 is 0. The molecule has 376 valence electrons. The van der Waals surface area contributed by atoms with Crippen LogP contribution in [0.25, 0.3) is 10.9 Å². The van der Waals surface area contributed by atoms with Gasteiger partial charge in [-0.1, -0.05) is 53.7 Å². The molecule has 15 nitrogen and oxygen atoms in total. The number of benzene rings is 4. The van der Waals surface area contributed by atoms with E-state index in [1.807, 2.05) is 60.7 Å². The Morgan fingerprint density at radius 2 is 1.24 bits per heavy atom. The number of nitrogens with one attached hydrogen (secondary N) is 3. The van der Waals surface area contributed by atoms with Crippen molar-refractivity contribution in [1.82, 2.24) is 9.88 Å². The van der Waals surface area contributed by atoms with Gasteiger partial charge in [0, 0.05) is 77.6 Å². The number of carboxylic acids is 1. The summed E-state index contributed by atoms with van der Waals surface area (Å²) in [6, 6.07) is 26.1. The van der Waals surface area contributed by atoms with E-state index >= 15 is 0 Å². The Labute approximate surface area is 415 Å². The van der Waals surface area contributed by atoms with E-state index in [1.54, 1.807) is 0 Å². The number of aliphatic hydroxyl groups excluding tert-OH is 1. The minimum atomic E-state index is -0.763. The highest BCUT2D eigenvalue weighted by atomic mass is 16.7. The number of carboxylic acid groups (broad SMARTS) is 1. The molecule has 4 aromatic carbocycles. The van der Waals surface area contributed by atoms with Crippen LogP contribution >= 0.6 is 0 Å². The molecule has 2 aliphatic carbocycles. The maximum absolute atomic E-state index is 13.4. The van der Waals surface area contributed by atoms with Gasteiger partial charge in [-0.25, -0.2) is 0 Å². The van der Waals surface area contributed by atoms with Gasteiger partial charge in [0.1, 0.15) is 0 Å². The van der Waals surface area contributed by atoms with Crippen LogP contribution in [0.2, 0.25) is 0 Å². The second kappa shape index (κ2) is 19.5. The predicted octanol–water partition coefficient (Wildman–Crippen LogP) is 8.95. The van der Waals surface area contributed by atoms with E-state index in [0.717, 1.165) is 82.7 Å². The molecule has 1 unspecified atom stereocenters. The lowest BCUT2D eigenvalue weighted by atomic mass is 9.84. The molecule has 3 amide bonds. The highest BCUT2D eigenvalue weighted by Gasteiger charge is 2.53. The van der Waals surface area contributed by atoms with E-state index < -0.39 is 16.8 Å². The number of carbonyl (C=O) groups excluding carboxylic acids is 3. The molecule has 5 aliphatic rings. The van der Waals surface area contributed by atoms with Crippen LogP contribution in [0.3, 0.4) is 0 Å². The van der Waals surface area contributed by atoms with Gasteiger partial charge in [0.15, 0.2) is 23.0 Å². The number of aromatic nitrogens is 1. The number of hydrogen-bond donors (Lipinski definition) is 5. The predicted molar refractivity (Wildman–Crippen MR) is 272 cm³/mol. The third kappa shape index (κ3) is 10.4. The van der Waals surface area contributed by atoms with Crippen LogP contribution in [0, 0.1) is 5.41 Å². The third-order valence-corrected chi connectivity index (χ3v) is 14.6. The molecule has 3 aliphatic heterocycles. The van der Waals surface area contributed by atoms with Gasteiger partial charge in [-0.15, -0.1) is 0 Å². The van der Waals surface area contributed by atoms with Crippen molar-refractivity contribution in [1.29, 1.82) is 0 Å². The first-order valence-corrected chi connectivity index (χ1v) is 24.9. The summed E-state index contributed by atoms with van der Waals surface area (Å²) < 4.78 is 24.1. The number of aliphatic hydroxyl groups is 1. The molecule has 0 spiro atoms. The van der Waals surface area contributed by atoms with E-state index in [9.17, 15) is 19.2 Å². The summed E-state index contributed by atoms with van der Waals surface area (Å²) in [4.78, 5) is 52.1. The summed E-state index contributed by atoms with van der Waals surface area (Å²) in [5.41, 5.74) is 7.00. The molecule has 5 N–H and O–H groups in total. The highest BCUT2D eigenvalue weighted by Crippen LogP contribution is 2.53. The zero-order valence-corrected chi connectivity index (χ0v) is 41.7. The maximum Gasteiger partial charge on any atom is 0.303 e. The molecule has 1 atom stereocenters. The van der Waals surface area contributed by atoms with Gasteiger partial charge in [-0.05, 0) is 134 Å². The third-order valence-electron chi connectivity index (χ3n) is 14.6. The van der Waals surface area contributed by atoms with Crippen LogP contribution < -0.4 is 39.8 Å². The number of nitrogens with zero attached hydrogens (tertiary/aromatic N) is 2. The van der Waals surface area contributed by atoms with Crippen LogP contribution in [0.15, 0.2) is 78.9 Å². The Hall–Kier alpha value is -6.74. The lowest BCUT2D eigenvalue weighted by Crippen LogP contribution is -2.42. The number of anilines is 3. The van der Waals surface area contributed by atoms with Crippen molar-refractivity contribution >= 4 is 51.7 Å². The molecule has 4 heterocycles. The first-order chi connectivity index (χ1) is 33.9. The molecule has 0 saturated heterocycles. The number of hydrogen-bond acceptors (Lipinski definition) is 10. The molecule has 15 heteroatoms. The van der Waals surface area contributed by atoms with Crippen LogP contribution in [0.1, 0.15) is 115 Å². The lowest BCUT2D eigenvalue weighted by Gasteiger charge is -2.37. The van der Waals surface area contributed by atoms with E-state index in [1.165, 1.54) is 11.3 Å². The molecular weight excluding hydrogens is 903 g/mol. The number of fused-ring (bicyclic) bond motifs is 4. The molecular formula is C56H67N5O10. The molecule has 0 bridgehead atoms. The van der Waals surface area contributed by atoms with Gasteiger partial charge < -0.3 is 54.6 Å². The summed E-state index contributed by atoms with van der Waals surface area (Å²) in [6.07, 6.45) is 5.98. The Kier molecular flexibility index (Phi) is 13.5. The molecule has 0 radical (unpaired) electrons. The fourth-order valence-corrected chi connectivity index (χ4v) is 10.4. The molecule has 5 aromatic rings. The second-order valence-electron chi connectivity index (χ2n) is 21.7. The standard InChI is InChI=1S/C29H35N3O5.C27H32N2O5/c1-28(2,3)25-16-19-15-21(7-8-22(19)32(25)13-4-5-26(34)30-12-14-33)31-27(35)29(10-11-29)20-6-9-23-24(17-20)37-18-36-23;1-26(2,3)23-14-17-13-19(7-8-20(17)29(23)12-4-5-24(30)31)28-25(32)27(10-11-27)18-6-9-21-22(15-18)34-16-33-21/h6-9,15-17,33H,4-5,10-14,18H2,1-3H3,(H,30,34)(H,31,35);6-9,13,15,23H,4-5,10-12,14,16H2,1-3H3,(H,28,32)(H,30,31). The number of amides is 3. The normalized spacial score (nSPS) is 17.5. The van der Waals surface area contributed by atoms with Gasteiger partial charge in [0.05, 0.1) is 17.4 Å². The van der Waals surface area contributed by atoms with E-state index in [2.05, 4.69) is 85.2 Å². The second-order valence-corrected chi connectivity index (χ2v) is 21.7. The number of aryl methyl sites for hydroxylation is 1. The van der Waals surface area contributed by atoms with Crippen LogP contribution in [-0.4, -0.2) is 77.8 Å². The van der Waals surface area contributed by atoms with Crippen molar-refractivity contribution in [2.75, 3.05) is 48.8 Å². The zero-order valence-electron chi connectivity index (χ0n) is 41.7. The van der Waals surface area contributed by atoms with Gasteiger partial charge in [-0.2, -0.15) is 0 Å². The van der Waals surface area contributed by atoms with Gasteiger partial charge in [-0.3, -0.25) is 19.2 Å². The monoisotopic (exact) mass is 969 g/mol. The van der Waals surface area contributed by atoms with Crippen molar-refractivity contribution in [3.63, 3.8) is 0 Å². The van der Waals surface area contributed by atoms with Crippen LogP contribution in [-0.2, 0) is 48.4 Å². The van der Waals surface area contributed by atoms with E-state index in [0.29, 0.717) is 43.9 Å². The quantitative estimate of drug-likeness (QED) is 0.0635. The first-order valence-electron chi connectivity index (χ1n) is 24.9. The first kappa shape index (κ1) is 49.2.